The van der Waals surface area contributed by atoms with Crippen LogP contribution in [0.15, 0.2) is 24.3 Å². The Morgan fingerprint density at radius 1 is 0.694 bits per heavy atom. The molecule has 0 heterocycles. The minimum Gasteiger partial charge on any atom is -0.393 e. The number of nitrogens with two attached hydrogens (primary N) is 1. The molecule has 4 unspecified atom stereocenters. The van der Waals surface area contributed by atoms with Crippen molar-refractivity contribution in [3.63, 3.8) is 0 Å². The van der Waals surface area contributed by atoms with E-state index in [2.05, 4.69) is 43.5 Å². The Morgan fingerprint density at radius 3 is 1.67 bits per heavy atom. The van der Waals surface area contributed by atoms with E-state index in [9.17, 15) is 24.5 Å². The molecule has 4 atom stereocenters. The monoisotopic (exact) mass is 717 g/mol. The third-order valence-electron chi connectivity index (χ3n) is 8.89. The van der Waals surface area contributed by atoms with Gasteiger partial charge in [0.15, 0.2) is 0 Å². The van der Waals surface area contributed by atoms with Crippen LogP contribution in [-0.4, -0.2) is 59.0 Å². The molecular formula is C39H77N2O7P. The number of phosphoric acid groups is 1. The van der Waals surface area contributed by atoms with Crippen LogP contribution in [0.5, 0.6) is 0 Å². The summed E-state index contributed by atoms with van der Waals surface area (Å²) in [4.78, 5) is 22.7. The van der Waals surface area contributed by atoms with Crippen LogP contribution in [0, 0.1) is 0 Å². The van der Waals surface area contributed by atoms with E-state index < -0.39 is 32.0 Å². The van der Waals surface area contributed by atoms with Crippen molar-refractivity contribution in [1.82, 2.24) is 5.32 Å². The second kappa shape index (κ2) is 35.3. The second-order valence-electron chi connectivity index (χ2n) is 13.7. The molecule has 10 heteroatoms. The van der Waals surface area contributed by atoms with Crippen molar-refractivity contribution in [1.29, 1.82) is 0 Å². The molecule has 49 heavy (non-hydrogen) atoms. The highest BCUT2D eigenvalue weighted by atomic mass is 31.2. The van der Waals surface area contributed by atoms with Crippen LogP contribution >= 0.6 is 7.82 Å². The van der Waals surface area contributed by atoms with Gasteiger partial charge in [-0.05, 0) is 38.5 Å². The first kappa shape index (κ1) is 47.9. The van der Waals surface area contributed by atoms with Gasteiger partial charge in [-0.2, -0.15) is 0 Å². The summed E-state index contributed by atoms with van der Waals surface area (Å²) in [5.74, 6) is -0.420. The van der Waals surface area contributed by atoms with Crippen LogP contribution in [0.25, 0.3) is 0 Å². The number of allylic oxidation sites excluding steroid dienone is 4. The molecule has 0 rings (SSSR count). The van der Waals surface area contributed by atoms with Crippen molar-refractivity contribution in [3.8, 4) is 0 Å². The van der Waals surface area contributed by atoms with Gasteiger partial charge in [-0.25, -0.2) is 4.57 Å². The lowest BCUT2D eigenvalue weighted by molar-refractivity contribution is -0.125. The zero-order valence-electron chi connectivity index (χ0n) is 31.5. The Balaban J connectivity index is 4.27. The second-order valence-corrected chi connectivity index (χ2v) is 15.2. The number of carbonyl (C=O) groups is 1. The molecular weight excluding hydrogens is 639 g/mol. The molecule has 6 N–H and O–H groups in total. The van der Waals surface area contributed by atoms with E-state index in [0.717, 1.165) is 44.9 Å². The first-order valence-electron chi connectivity index (χ1n) is 20.0. The highest BCUT2D eigenvalue weighted by molar-refractivity contribution is 7.47. The first-order chi connectivity index (χ1) is 23.8. The maximum atomic E-state index is 12.8. The van der Waals surface area contributed by atoms with Crippen molar-refractivity contribution in [3.05, 3.63) is 24.3 Å². The number of aliphatic hydroxyl groups excluding tert-OH is 2. The summed E-state index contributed by atoms with van der Waals surface area (Å²) in [5, 5.41) is 24.1. The van der Waals surface area contributed by atoms with Gasteiger partial charge >= 0.3 is 7.82 Å². The average Bonchev–Trinajstić information content (AvgIpc) is 3.07. The fraction of sp³-hybridized carbons (Fsp3) is 0.872. The van der Waals surface area contributed by atoms with Gasteiger partial charge in [0.1, 0.15) is 0 Å². The average molecular weight is 717 g/mol. The van der Waals surface area contributed by atoms with Gasteiger partial charge in [0, 0.05) is 6.54 Å². The van der Waals surface area contributed by atoms with Crippen LogP contribution in [0.4, 0.5) is 0 Å². The topological polar surface area (TPSA) is 151 Å². The molecule has 9 nitrogen and oxygen atoms in total. The molecule has 0 fully saturated rings. The van der Waals surface area contributed by atoms with E-state index in [1.54, 1.807) is 0 Å². The molecule has 0 saturated carbocycles. The van der Waals surface area contributed by atoms with Crippen molar-refractivity contribution >= 4 is 13.7 Å². The molecule has 0 bridgehead atoms. The third-order valence-corrected chi connectivity index (χ3v) is 9.87. The molecule has 0 aliphatic heterocycles. The van der Waals surface area contributed by atoms with Gasteiger partial charge in [-0.15, -0.1) is 0 Å². The van der Waals surface area contributed by atoms with Gasteiger partial charge < -0.3 is 26.2 Å². The van der Waals surface area contributed by atoms with E-state index >= 15 is 0 Å². The molecule has 0 aromatic rings. The predicted molar refractivity (Wildman–Crippen MR) is 204 cm³/mol. The zero-order valence-corrected chi connectivity index (χ0v) is 32.4. The number of aliphatic hydroxyl groups is 2. The van der Waals surface area contributed by atoms with Crippen LogP contribution in [-0.2, 0) is 18.4 Å². The minimum atomic E-state index is -4.37. The van der Waals surface area contributed by atoms with Crippen LogP contribution in [0.2, 0.25) is 0 Å². The maximum Gasteiger partial charge on any atom is 0.472 e. The van der Waals surface area contributed by atoms with Crippen LogP contribution in [0.3, 0.4) is 0 Å². The summed E-state index contributed by atoms with van der Waals surface area (Å²) in [6.07, 6.45) is 35.1. The Labute approximate surface area is 300 Å². The standard InChI is InChI=1S/C39H77N2O7P/c1-3-5-7-9-11-13-15-16-17-18-19-20-21-22-24-26-28-30-36(42)34-39(44)41-37(35-48-49(45,46)47-33-32-40)38(43)31-29-27-25-23-14-12-10-8-6-4-2/h11,13,15-16,36-38,42-43H,3-10,12,14,17-35,40H2,1-2H3,(H,41,44)(H,45,46)/b13-11-,16-15-. The summed E-state index contributed by atoms with van der Waals surface area (Å²) >= 11 is 0. The van der Waals surface area contributed by atoms with Crippen LogP contribution < -0.4 is 11.1 Å². The minimum absolute atomic E-state index is 0.0586. The molecule has 0 aliphatic carbocycles. The number of amides is 1. The Kier molecular flexibility index (Phi) is 34.6. The number of carbonyl (C=O) groups excluding carboxylic acids is 1. The van der Waals surface area contributed by atoms with E-state index in [-0.39, 0.29) is 26.2 Å². The van der Waals surface area contributed by atoms with Gasteiger partial charge in [0.25, 0.3) is 0 Å². The molecule has 0 spiro atoms. The predicted octanol–water partition coefficient (Wildman–Crippen LogP) is 9.58. The SMILES string of the molecule is CCCCC/C=C\C=C/CCCCCCCCCCC(O)CC(=O)NC(COP(=O)(O)OCCN)C(O)CCCCCCCCCCCC. The van der Waals surface area contributed by atoms with E-state index in [1.807, 2.05) is 0 Å². The van der Waals surface area contributed by atoms with E-state index in [0.29, 0.717) is 12.8 Å². The van der Waals surface area contributed by atoms with Crippen LogP contribution in [0.1, 0.15) is 181 Å². The van der Waals surface area contributed by atoms with Gasteiger partial charge in [-0.1, -0.05) is 160 Å². The summed E-state index contributed by atoms with van der Waals surface area (Å²) in [7, 11) is -4.37. The van der Waals surface area contributed by atoms with Crippen molar-refractivity contribution in [2.75, 3.05) is 19.8 Å². The number of nitrogens with one attached hydrogen (secondary N) is 1. The highest BCUT2D eigenvalue weighted by Gasteiger charge is 2.28. The first-order valence-corrected chi connectivity index (χ1v) is 21.5. The smallest absolute Gasteiger partial charge is 0.393 e. The fourth-order valence-corrected chi connectivity index (χ4v) is 6.58. The zero-order chi connectivity index (χ0) is 36.3. The lowest BCUT2D eigenvalue weighted by Gasteiger charge is -2.25. The molecule has 290 valence electrons. The van der Waals surface area contributed by atoms with Gasteiger partial charge in [0.2, 0.25) is 5.91 Å². The summed E-state index contributed by atoms with van der Waals surface area (Å²) in [5.41, 5.74) is 5.35. The Morgan fingerprint density at radius 2 is 1.14 bits per heavy atom. The number of rotatable bonds is 37. The number of phosphoric ester groups is 1. The summed E-state index contributed by atoms with van der Waals surface area (Å²) in [6.45, 7) is 3.98. The molecule has 0 aliphatic rings. The molecule has 0 radical (unpaired) electrons. The Bertz CT molecular complexity index is 842. The van der Waals surface area contributed by atoms with Crippen molar-refractivity contribution < 1.29 is 33.5 Å². The van der Waals surface area contributed by atoms with Gasteiger partial charge in [-0.3, -0.25) is 13.8 Å². The summed E-state index contributed by atoms with van der Waals surface area (Å²) < 4.78 is 22.0. The summed E-state index contributed by atoms with van der Waals surface area (Å²) in [6, 6.07) is -0.895. The van der Waals surface area contributed by atoms with Crippen molar-refractivity contribution in [2.45, 2.75) is 199 Å². The largest absolute Gasteiger partial charge is 0.472 e. The molecule has 0 saturated heterocycles. The fourth-order valence-electron chi connectivity index (χ4n) is 5.82. The van der Waals surface area contributed by atoms with E-state index in [4.69, 9.17) is 14.8 Å². The number of hydrogen-bond acceptors (Lipinski definition) is 7. The molecule has 0 aromatic carbocycles. The van der Waals surface area contributed by atoms with Crippen molar-refractivity contribution in [2.24, 2.45) is 5.73 Å². The van der Waals surface area contributed by atoms with E-state index in [1.165, 1.54) is 103 Å². The third kappa shape index (κ3) is 33.8. The molecule has 0 aromatic heterocycles. The maximum absolute atomic E-state index is 12.8. The van der Waals surface area contributed by atoms with Gasteiger partial charge in [0.05, 0.1) is 37.9 Å². The number of unbranched alkanes of at least 4 members (excludes halogenated alkanes) is 20. The number of hydrogen-bond donors (Lipinski definition) is 5. The normalized spacial score (nSPS) is 15.1. The molecule has 1 amide bonds. The quantitative estimate of drug-likeness (QED) is 0.0242. The highest BCUT2D eigenvalue weighted by Crippen LogP contribution is 2.43. The Hall–Kier alpha value is -1.06. The lowest BCUT2D eigenvalue weighted by atomic mass is 10.0. The lowest BCUT2D eigenvalue weighted by Crippen LogP contribution is -2.47.